The van der Waals surface area contributed by atoms with E-state index in [2.05, 4.69) is 13.8 Å². The predicted octanol–water partition coefficient (Wildman–Crippen LogP) is 2.53. The van der Waals surface area contributed by atoms with Crippen molar-refractivity contribution in [1.29, 1.82) is 0 Å². The monoisotopic (exact) mass is 250 g/mol. The summed E-state index contributed by atoms with van der Waals surface area (Å²) in [4.78, 5) is 21.7. The summed E-state index contributed by atoms with van der Waals surface area (Å²) in [5.74, 6) is -2.65. The van der Waals surface area contributed by atoms with Crippen molar-refractivity contribution in [3.05, 3.63) is 35.4 Å². The van der Waals surface area contributed by atoms with Gasteiger partial charge < -0.3 is 10.2 Å². The van der Waals surface area contributed by atoms with E-state index in [4.69, 9.17) is 10.2 Å². The summed E-state index contributed by atoms with van der Waals surface area (Å²) in [5.41, 5.74) is 1.67. The molecule has 0 bridgehead atoms. The lowest BCUT2D eigenvalue weighted by Gasteiger charge is -2.11. The van der Waals surface area contributed by atoms with Crippen LogP contribution in [0.15, 0.2) is 24.3 Å². The predicted molar refractivity (Wildman–Crippen MR) is 67.6 cm³/mol. The minimum absolute atomic E-state index is 0.390. The maximum Gasteiger partial charge on any atom is 0.311 e. The molecule has 0 amide bonds. The van der Waals surface area contributed by atoms with Gasteiger partial charge in [-0.05, 0) is 23.5 Å². The van der Waals surface area contributed by atoms with Gasteiger partial charge in [0.05, 0.1) is 12.3 Å². The fourth-order valence-electron chi connectivity index (χ4n) is 1.88. The molecule has 0 aliphatic rings. The Morgan fingerprint density at radius 3 is 2.06 bits per heavy atom. The summed E-state index contributed by atoms with van der Waals surface area (Å²) < 4.78 is 0. The second kappa shape index (κ2) is 6.19. The molecule has 1 aromatic rings. The third-order valence-corrected chi connectivity index (χ3v) is 2.70. The van der Waals surface area contributed by atoms with E-state index in [1.165, 1.54) is 0 Å². The van der Waals surface area contributed by atoms with Crippen LogP contribution < -0.4 is 0 Å². The van der Waals surface area contributed by atoms with Crippen molar-refractivity contribution >= 4 is 11.9 Å². The van der Waals surface area contributed by atoms with E-state index >= 15 is 0 Å². The number of benzene rings is 1. The first-order chi connectivity index (χ1) is 8.40. The van der Waals surface area contributed by atoms with Crippen molar-refractivity contribution in [1.82, 2.24) is 0 Å². The average molecular weight is 250 g/mol. The Morgan fingerprint density at radius 2 is 1.67 bits per heavy atom. The summed E-state index contributed by atoms with van der Waals surface area (Å²) in [6.07, 6.45) is 0.538. The lowest BCUT2D eigenvalue weighted by Crippen LogP contribution is -2.15. The molecule has 4 nitrogen and oxygen atoms in total. The highest BCUT2D eigenvalue weighted by Crippen LogP contribution is 2.21. The van der Waals surface area contributed by atoms with E-state index in [0.717, 1.165) is 12.0 Å². The van der Waals surface area contributed by atoms with Gasteiger partial charge in [0.1, 0.15) is 0 Å². The number of carboxylic acid groups (broad SMARTS) is 2. The summed E-state index contributed by atoms with van der Waals surface area (Å²) >= 11 is 0. The van der Waals surface area contributed by atoms with Gasteiger partial charge in [-0.3, -0.25) is 9.59 Å². The zero-order valence-electron chi connectivity index (χ0n) is 10.6. The van der Waals surface area contributed by atoms with E-state index in [1.54, 1.807) is 12.1 Å². The molecule has 0 saturated heterocycles. The first-order valence-corrected chi connectivity index (χ1v) is 5.93. The third-order valence-electron chi connectivity index (χ3n) is 2.70. The molecule has 1 aromatic carbocycles. The highest BCUT2D eigenvalue weighted by Gasteiger charge is 2.22. The Morgan fingerprint density at radius 1 is 1.11 bits per heavy atom. The lowest BCUT2D eigenvalue weighted by molar-refractivity contribution is -0.145. The molecule has 0 aromatic heterocycles. The van der Waals surface area contributed by atoms with Crippen molar-refractivity contribution in [2.24, 2.45) is 5.92 Å². The molecule has 1 atom stereocenters. The van der Waals surface area contributed by atoms with E-state index in [-0.39, 0.29) is 0 Å². The van der Waals surface area contributed by atoms with E-state index in [0.29, 0.717) is 11.5 Å². The summed E-state index contributed by atoms with van der Waals surface area (Å²) in [6, 6.07) is 7.15. The van der Waals surface area contributed by atoms with E-state index < -0.39 is 24.3 Å². The summed E-state index contributed by atoms with van der Waals surface area (Å²) in [6.45, 7) is 4.22. The first-order valence-electron chi connectivity index (χ1n) is 5.93. The topological polar surface area (TPSA) is 74.6 Å². The number of hydrogen-bond donors (Lipinski definition) is 2. The normalized spacial score (nSPS) is 12.4. The van der Waals surface area contributed by atoms with Crippen LogP contribution >= 0.6 is 0 Å². The molecule has 98 valence electrons. The van der Waals surface area contributed by atoms with Crippen LogP contribution in [0.2, 0.25) is 0 Å². The van der Waals surface area contributed by atoms with Crippen LogP contribution in [0.3, 0.4) is 0 Å². The molecule has 0 saturated carbocycles. The number of rotatable bonds is 6. The van der Waals surface area contributed by atoms with Gasteiger partial charge in [-0.2, -0.15) is 0 Å². The summed E-state index contributed by atoms with van der Waals surface area (Å²) in [5, 5.41) is 17.7. The highest BCUT2D eigenvalue weighted by molar-refractivity contribution is 5.82. The van der Waals surface area contributed by atoms with Crippen LogP contribution in [-0.2, 0) is 16.0 Å². The van der Waals surface area contributed by atoms with Gasteiger partial charge in [0.25, 0.3) is 0 Å². The van der Waals surface area contributed by atoms with E-state index in [9.17, 15) is 9.59 Å². The third kappa shape index (κ3) is 4.20. The van der Waals surface area contributed by atoms with Crippen molar-refractivity contribution in [3.63, 3.8) is 0 Å². The number of carboxylic acids is 2. The molecular formula is C14H18O4. The molecule has 1 rings (SSSR count). The van der Waals surface area contributed by atoms with Gasteiger partial charge in [0.15, 0.2) is 0 Å². The Balaban J connectivity index is 2.86. The highest BCUT2D eigenvalue weighted by atomic mass is 16.4. The van der Waals surface area contributed by atoms with Crippen LogP contribution in [0.1, 0.15) is 37.3 Å². The molecule has 0 spiro atoms. The zero-order valence-corrected chi connectivity index (χ0v) is 10.6. The van der Waals surface area contributed by atoms with Crippen molar-refractivity contribution < 1.29 is 19.8 Å². The Bertz CT molecular complexity index is 420. The first kappa shape index (κ1) is 14.2. The standard InChI is InChI=1S/C14H18O4/c1-9(2)7-10-3-5-11(6-4-10)12(14(17)18)8-13(15)16/h3-6,9,12H,7-8H2,1-2H3,(H,15,16)(H,17,18)/t12-/m1/s1. The second-order valence-corrected chi connectivity index (χ2v) is 4.83. The van der Waals surface area contributed by atoms with Crippen LogP contribution in [0.25, 0.3) is 0 Å². The van der Waals surface area contributed by atoms with Crippen LogP contribution in [-0.4, -0.2) is 22.2 Å². The van der Waals surface area contributed by atoms with Crippen molar-refractivity contribution in [3.8, 4) is 0 Å². The van der Waals surface area contributed by atoms with Crippen LogP contribution in [0, 0.1) is 5.92 Å². The zero-order chi connectivity index (χ0) is 13.7. The van der Waals surface area contributed by atoms with Crippen molar-refractivity contribution in [2.75, 3.05) is 0 Å². The largest absolute Gasteiger partial charge is 0.481 e. The smallest absolute Gasteiger partial charge is 0.311 e. The van der Waals surface area contributed by atoms with Gasteiger partial charge in [-0.25, -0.2) is 0 Å². The second-order valence-electron chi connectivity index (χ2n) is 4.83. The van der Waals surface area contributed by atoms with Gasteiger partial charge in [-0.15, -0.1) is 0 Å². The van der Waals surface area contributed by atoms with Crippen molar-refractivity contribution in [2.45, 2.75) is 32.6 Å². The molecular weight excluding hydrogens is 232 g/mol. The minimum Gasteiger partial charge on any atom is -0.481 e. The van der Waals surface area contributed by atoms with Gasteiger partial charge in [-0.1, -0.05) is 38.1 Å². The Kier molecular flexibility index (Phi) is 4.89. The average Bonchev–Trinajstić information content (AvgIpc) is 2.26. The molecule has 0 aliphatic heterocycles. The number of carbonyl (C=O) groups is 2. The molecule has 18 heavy (non-hydrogen) atoms. The Hall–Kier alpha value is -1.84. The lowest BCUT2D eigenvalue weighted by atomic mass is 9.93. The Labute approximate surface area is 106 Å². The fraction of sp³-hybridized carbons (Fsp3) is 0.429. The van der Waals surface area contributed by atoms with Crippen LogP contribution in [0.4, 0.5) is 0 Å². The van der Waals surface area contributed by atoms with Gasteiger partial charge in [0, 0.05) is 0 Å². The molecule has 0 fully saturated rings. The molecule has 2 N–H and O–H groups in total. The quantitative estimate of drug-likeness (QED) is 0.813. The molecule has 0 aliphatic carbocycles. The molecule has 0 unspecified atom stereocenters. The molecule has 4 heteroatoms. The van der Waals surface area contributed by atoms with E-state index in [1.807, 2.05) is 12.1 Å². The minimum atomic E-state index is -1.10. The molecule has 0 radical (unpaired) electrons. The van der Waals surface area contributed by atoms with Crippen LogP contribution in [0.5, 0.6) is 0 Å². The SMILES string of the molecule is CC(C)Cc1ccc([C@@H](CC(=O)O)C(=O)O)cc1. The van der Waals surface area contributed by atoms with Gasteiger partial charge >= 0.3 is 11.9 Å². The maximum atomic E-state index is 11.0. The number of hydrogen-bond acceptors (Lipinski definition) is 2. The fourth-order valence-corrected chi connectivity index (χ4v) is 1.88. The number of aliphatic carboxylic acids is 2. The van der Waals surface area contributed by atoms with Gasteiger partial charge in [0.2, 0.25) is 0 Å². The maximum absolute atomic E-state index is 11.0. The summed E-state index contributed by atoms with van der Waals surface area (Å²) in [7, 11) is 0. The molecule has 0 heterocycles.